The fourth-order valence-electron chi connectivity index (χ4n) is 1.83. The quantitative estimate of drug-likeness (QED) is 0.874. The zero-order valence-electron chi connectivity index (χ0n) is 10.4. The first kappa shape index (κ1) is 14.1. The Morgan fingerprint density at radius 2 is 1.90 bits per heavy atom. The van der Waals surface area contributed by atoms with Gasteiger partial charge in [-0.05, 0) is 18.6 Å². The molecule has 1 N–H and O–H groups in total. The third-order valence-corrected chi connectivity index (χ3v) is 2.71. The highest BCUT2D eigenvalue weighted by atomic mass is 19.2. The SMILES string of the molecule is CCCc1onc(-c2cc(F)c(F)c(F)c2)c1C(=O)O. The molecule has 2 rings (SSSR count). The summed E-state index contributed by atoms with van der Waals surface area (Å²) in [5, 5.41) is 12.7. The van der Waals surface area contributed by atoms with Crippen LogP contribution in [0.3, 0.4) is 0 Å². The molecule has 0 bridgehead atoms. The summed E-state index contributed by atoms with van der Waals surface area (Å²) in [4.78, 5) is 11.2. The minimum Gasteiger partial charge on any atom is -0.477 e. The molecule has 1 aromatic carbocycles. The van der Waals surface area contributed by atoms with E-state index in [1.54, 1.807) is 0 Å². The number of nitrogens with zero attached hydrogens (tertiary/aromatic N) is 1. The van der Waals surface area contributed by atoms with Crippen molar-refractivity contribution in [3.63, 3.8) is 0 Å². The molecule has 0 atom stereocenters. The number of benzene rings is 1. The van der Waals surface area contributed by atoms with Crippen LogP contribution in [-0.2, 0) is 6.42 Å². The number of aromatic carboxylic acids is 1. The Morgan fingerprint density at radius 3 is 2.40 bits per heavy atom. The third-order valence-electron chi connectivity index (χ3n) is 2.71. The standard InChI is InChI=1S/C13H10F3NO3/c1-2-3-9-10(13(18)19)12(17-20-9)6-4-7(14)11(16)8(15)5-6/h4-5H,2-3H2,1H3,(H,18,19). The summed E-state index contributed by atoms with van der Waals surface area (Å²) in [6.45, 7) is 1.81. The number of hydrogen-bond donors (Lipinski definition) is 1. The van der Waals surface area contributed by atoms with Gasteiger partial charge in [-0.25, -0.2) is 18.0 Å². The zero-order valence-corrected chi connectivity index (χ0v) is 10.4. The minimum absolute atomic E-state index is 0.111. The second kappa shape index (κ2) is 5.36. The summed E-state index contributed by atoms with van der Waals surface area (Å²) < 4.78 is 44.2. The van der Waals surface area contributed by atoms with Gasteiger partial charge in [-0.2, -0.15) is 0 Å². The van der Waals surface area contributed by atoms with Crippen molar-refractivity contribution in [2.75, 3.05) is 0 Å². The van der Waals surface area contributed by atoms with Gasteiger partial charge in [0.15, 0.2) is 23.2 Å². The van der Waals surface area contributed by atoms with E-state index in [0.717, 1.165) is 0 Å². The summed E-state index contributed by atoms with van der Waals surface area (Å²) in [6, 6.07) is 1.36. The van der Waals surface area contributed by atoms with Crippen molar-refractivity contribution in [1.29, 1.82) is 0 Å². The lowest BCUT2D eigenvalue weighted by Crippen LogP contribution is -2.02. The van der Waals surface area contributed by atoms with Gasteiger partial charge in [0.1, 0.15) is 11.3 Å². The van der Waals surface area contributed by atoms with E-state index < -0.39 is 23.4 Å². The fraction of sp³-hybridized carbons (Fsp3) is 0.231. The molecular formula is C13H10F3NO3. The van der Waals surface area contributed by atoms with E-state index in [9.17, 15) is 18.0 Å². The summed E-state index contributed by atoms with van der Waals surface area (Å²) in [7, 11) is 0. The first-order valence-electron chi connectivity index (χ1n) is 5.82. The number of carboxylic acids is 1. The number of carbonyl (C=O) groups is 1. The molecule has 0 saturated carbocycles. The summed E-state index contributed by atoms with van der Waals surface area (Å²) in [5.74, 6) is -5.68. The summed E-state index contributed by atoms with van der Waals surface area (Å²) >= 11 is 0. The van der Waals surface area contributed by atoms with Crippen LogP contribution in [0.2, 0.25) is 0 Å². The Balaban J connectivity index is 2.61. The Kier molecular flexibility index (Phi) is 3.78. The van der Waals surface area contributed by atoms with Crippen molar-refractivity contribution in [2.24, 2.45) is 0 Å². The second-order valence-corrected chi connectivity index (χ2v) is 4.14. The highest BCUT2D eigenvalue weighted by Crippen LogP contribution is 2.28. The molecule has 20 heavy (non-hydrogen) atoms. The van der Waals surface area contributed by atoms with Crippen LogP contribution in [0.1, 0.15) is 29.5 Å². The van der Waals surface area contributed by atoms with Crippen LogP contribution in [0.15, 0.2) is 16.7 Å². The highest BCUT2D eigenvalue weighted by molar-refractivity contribution is 5.95. The molecular weight excluding hydrogens is 275 g/mol. The van der Waals surface area contributed by atoms with Crippen molar-refractivity contribution < 1.29 is 27.6 Å². The second-order valence-electron chi connectivity index (χ2n) is 4.14. The van der Waals surface area contributed by atoms with Crippen LogP contribution >= 0.6 is 0 Å². The molecule has 0 saturated heterocycles. The molecule has 7 heteroatoms. The van der Waals surface area contributed by atoms with Crippen LogP contribution < -0.4 is 0 Å². The van der Waals surface area contributed by atoms with Gasteiger partial charge in [-0.3, -0.25) is 0 Å². The van der Waals surface area contributed by atoms with Gasteiger partial charge < -0.3 is 9.63 Å². The third kappa shape index (κ3) is 2.38. The highest BCUT2D eigenvalue weighted by Gasteiger charge is 2.24. The fourth-order valence-corrected chi connectivity index (χ4v) is 1.83. The van der Waals surface area contributed by atoms with Gasteiger partial charge in [0.05, 0.1) is 0 Å². The van der Waals surface area contributed by atoms with Crippen LogP contribution in [0, 0.1) is 17.5 Å². The van der Waals surface area contributed by atoms with E-state index in [-0.39, 0.29) is 22.6 Å². The number of aryl methyl sites for hydroxylation is 1. The van der Waals surface area contributed by atoms with Gasteiger partial charge in [0, 0.05) is 12.0 Å². The molecule has 0 aliphatic rings. The van der Waals surface area contributed by atoms with Crippen LogP contribution in [0.25, 0.3) is 11.3 Å². The molecule has 0 unspecified atom stereocenters. The maximum Gasteiger partial charge on any atom is 0.341 e. The Labute approximate surface area is 111 Å². The topological polar surface area (TPSA) is 63.3 Å². The van der Waals surface area contributed by atoms with Gasteiger partial charge in [0.25, 0.3) is 0 Å². The number of halogens is 3. The number of aromatic nitrogens is 1. The van der Waals surface area contributed by atoms with Crippen molar-refractivity contribution in [3.8, 4) is 11.3 Å². The van der Waals surface area contributed by atoms with Gasteiger partial charge >= 0.3 is 5.97 Å². The van der Waals surface area contributed by atoms with Gasteiger partial charge in [-0.15, -0.1) is 0 Å². The lowest BCUT2D eigenvalue weighted by Gasteiger charge is -2.01. The molecule has 2 aromatic rings. The molecule has 0 spiro atoms. The maximum absolute atomic E-state index is 13.2. The summed E-state index contributed by atoms with van der Waals surface area (Å²) in [6.07, 6.45) is 0.932. The number of rotatable bonds is 4. The molecule has 0 fully saturated rings. The van der Waals surface area contributed by atoms with Gasteiger partial charge in [0.2, 0.25) is 0 Å². The molecule has 0 aliphatic heterocycles. The van der Waals surface area contributed by atoms with E-state index in [0.29, 0.717) is 25.0 Å². The monoisotopic (exact) mass is 285 g/mol. The maximum atomic E-state index is 13.2. The average Bonchev–Trinajstić information content (AvgIpc) is 2.79. The van der Waals surface area contributed by atoms with E-state index in [1.807, 2.05) is 6.92 Å². The Bertz CT molecular complexity index is 644. The smallest absolute Gasteiger partial charge is 0.341 e. The van der Waals surface area contributed by atoms with E-state index in [4.69, 9.17) is 9.63 Å². The Hall–Kier alpha value is -2.31. The Morgan fingerprint density at radius 1 is 1.30 bits per heavy atom. The first-order chi connectivity index (χ1) is 9.45. The molecule has 1 heterocycles. The predicted molar refractivity (Wildman–Crippen MR) is 62.8 cm³/mol. The molecule has 4 nitrogen and oxygen atoms in total. The number of hydrogen-bond acceptors (Lipinski definition) is 3. The van der Waals surface area contributed by atoms with Crippen LogP contribution in [0.5, 0.6) is 0 Å². The normalized spacial score (nSPS) is 10.8. The van der Waals surface area contributed by atoms with E-state index in [1.165, 1.54) is 0 Å². The van der Waals surface area contributed by atoms with Gasteiger partial charge in [-0.1, -0.05) is 12.1 Å². The van der Waals surface area contributed by atoms with E-state index >= 15 is 0 Å². The first-order valence-corrected chi connectivity index (χ1v) is 5.82. The van der Waals surface area contributed by atoms with Crippen LogP contribution in [0.4, 0.5) is 13.2 Å². The van der Waals surface area contributed by atoms with Crippen molar-refractivity contribution >= 4 is 5.97 Å². The van der Waals surface area contributed by atoms with Crippen molar-refractivity contribution in [3.05, 3.63) is 40.9 Å². The largest absolute Gasteiger partial charge is 0.477 e. The van der Waals surface area contributed by atoms with Crippen molar-refractivity contribution in [1.82, 2.24) is 5.16 Å². The lowest BCUT2D eigenvalue weighted by molar-refractivity contribution is 0.0695. The zero-order chi connectivity index (χ0) is 14.9. The number of carboxylic acid groups (broad SMARTS) is 1. The van der Waals surface area contributed by atoms with Crippen LogP contribution in [-0.4, -0.2) is 16.2 Å². The molecule has 0 aliphatic carbocycles. The molecule has 0 radical (unpaired) electrons. The lowest BCUT2D eigenvalue weighted by atomic mass is 10.0. The molecule has 106 valence electrons. The average molecular weight is 285 g/mol. The molecule has 0 amide bonds. The van der Waals surface area contributed by atoms with Crippen molar-refractivity contribution in [2.45, 2.75) is 19.8 Å². The minimum atomic E-state index is -1.62. The predicted octanol–water partition coefficient (Wildman–Crippen LogP) is 3.41. The summed E-state index contributed by atoms with van der Waals surface area (Å²) in [5.41, 5.74) is -0.680. The molecule has 1 aromatic heterocycles. The van der Waals surface area contributed by atoms with E-state index in [2.05, 4.69) is 5.16 Å².